The van der Waals surface area contributed by atoms with Crippen LogP contribution in [0.4, 0.5) is 4.39 Å². The van der Waals surface area contributed by atoms with Gasteiger partial charge in [0.1, 0.15) is 5.82 Å². The van der Waals surface area contributed by atoms with E-state index in [-0.39, 0.29) is 18.5 Å². The van der Waals surface area contributed by atoms with Gasteiger partial charge in [-0.2, -0.15) is 10.5 Å². The van der Waals surface area contributed by atoms with Crippen molar-refractivity contribution in [3.63, 3.8) is 0 Å². The van der Waals surface area contributed by atoms with Crippen LogP contribution in [0.2, 0.25) is 0 Å². The molecule has 1 spiro atoms. The van der Waals surface area contributed by atoms with Crippen molar-refractivity contribution in [2.75, 3.05) is 6.61 Å². The Morgan fingerprint density at radius 1 is 1.29 bits per heavy atom. The van der Waals surface area contributed by atoms with E-state index in [1.54, 1.807) is 19.1 Å². The number of halogens is 1. The number of nitrogens with zero attached hydrogens (tertiary/aromatic N) is 2. The minimum Gasteiger partial charge on any atom is -0.311 e. The van der Waals surface area contributed by atoms with Gasteiger partial charge in [0.05, 0.1) is 30.3 Å². The van der Waals surface area contributed by atoms with Crippen LogP contribution in [0.15, 0.2) is 24.3 Å². The molecule has 6 nitrogen and oxygen atoms in total. The van der Waals surface area contributed by atoms with Crippen LogP contribution in [0.3, 0.4) is 0 Å². The van der Waals surface area contributed by atoms with Crippen LogP contribution in [-0.2, 0) is 14.9 Å². The lowest BCUT2D eigenvalue weighted by Crippen LogP contribution is -2.90. The molecule has 2 aliphatic heterocycles. The Kier molecular flexibility index (Phi) is 2.59. The summed E-state index contributed by atoms with van der Waals surface area (Å²) in [5.41, 5.74) is 3.13. The molecule has 0 aromatic heterocycles. The largest absolute Gasteiger partial charge is 0.344 e. The molecular formula is C17H16FN4O2+. The van der Waals surface area contributed by atoms with Crippen LogP contribution in [0.25, 0.3) is 0 Å². The highest BCUT2D eigenvalue weighted by Crippen LogP contribution is 2.82. The third-order valence-electron chi connectivity index (χ3n) is 5.84. The highest BCUT2D eigenvalue weighted by molar-refractivity contribution is 5.97. The summed E-state index contributed by atoms with van der Waals surface area (Å²) in [6, 6.07) is 10.2. The number of fused-ring (bicyclic) bond motifs is 2. The summed E-state index contributed by atoms with van der Waals surface area (Å²) in [4.78, 5) is 2.91. The van der Waals surface area contributed by atoms with Gasteiger partial charge in [-0.25, -0.2) is 9.38 Å². The zero-order valence-electron chi connectivity index (χ0n) is 13.3. The number of hydrogen-bond donors (Lipinski definition) is 2. The summed E-state index contributed by atoms with van der Waals surface area (Å²) in [6.07, 6.45) is -0.247. The number of ether oxygens (including phenoxy) is 2. The summed E-state index contributed by atoms with van der Waals surface area (Å²) in [5, 5.41) is 20.1. The maximum absolute atomic E-state index is 13.3. The molecule has 4 rings (SSSR count). The van der Waals surface area contributed by atoms with Gasteiger partial charge in [-0.15, -0.1) is 0 Å². The molecule has 3 aliphatic rings. The van der Waals surface area contributed by atoms with E-state index < -0.39 is 28.0 Å². The van der Waals surface area contributed by atoms with Crippen LogP contribution in [0.5, 0.6) is 0 Å². The van der Waals surface area contributed by atoms with Gasteiger partial charge < -0.3 is 9.47 Å². The van der Waals surface area contributed by atoms with Gasteiger partial charge in [0.15, 0.2) is 10.8 Å². The average molecular weight is 327 g/mol. The first kappa shape index (κ1) is 15.1. The Balaban J connectivity index is 1.98. The number of nitrogens with one attached hydrogen (secondary N) is 1. The molecule has 122 valence electrons. The van der Waals surface area contributed by atoms with Gasteiger partial charge >= 0.3 is 5.91 Å². The molecule has 24 heavy (non-hydrogen) atoms. The van der Waals surface area contributed by atoms with Crippen molar-refractivity contribution >= 4 is 5.84 Å². The summed E-state index contributed by atoms with van der Waals surface area (Å²) < 4.78 is 25.1. The van der Waals surface area contributed by atoms with Gasteiger partial charge in [-0.3, -0.25) is 5.73 Å². The second kappa shape index (κ2) is 4.13. The highest BCUT2D eigenvalue weighted by atomic mass is 19.1. The Labute approximate surface area is 138 Å². The minimum absolute atomic E-state index is 0.146. The number of nitrogens with two attached hydrogens (primary N) is 1. The molecule has 0 unspecified atom stereocenters. The van der Waals surface area contributed by atoms with Crippen LogP contribution >= 0.6 is 0 Å². The molecule has 2 fully saturated rings. The van der Waals surface area contributed by atoms with Crippen molar-refractivity contribution < 1.29 is 18.9 Å². The third-order valence-corrected chi connectivity index (χ3v) is 5.84. The topological polar surface area (TPSA) is 106 Å². The summed E-state index contributed by atoms with van der Waals surface area (Å²) in [6.45, 7) is 3.88. The Morgan fingerprint density at radius 3 is 2.46 bits per heavy atom. The fourth-order valence-electron chi connectivity index (χ4n) is 4.72. The molecule has 1 aliphatic carbocycles. The summed E-state index contributed by atoms with van der Waals surface area (Å²) >= 11 is 0. The van der Waals surface area contributed by atoms with E-state index in [0.29, 0.717) is 5.56 Å². The molecule has 1 saturated carbocycles. The Hall–Kier alpha value is -2.48. The zero-order chi connectivity index (χ0) is 17.4. The second-order valence-corrected chi connectivity index (χ2v) is 6.75. The maximum Gasteiger partial charge on any atom is 0.344 e. The van der Waals surface area contributed by atoms with Crippen molar-refractivity contribution in [2.24, 2.45) is 16.6 Å². The predicted molar refractivity (Wildman–Crippen MR) is 79.2 cm³/mol. The van der Waals surface area contributed by atoms with Crippen LogP contribution in [0.1, 0.15) is 19.4 Å². The van der Waals surface area contributed by atoms with Gasteiger partial charge in [0.25, 0.3) is 5.84 Å². The fraction of sp³-hybridized carbons (Fsp3) is 0.471. The quantitative estimate of drug-likeness (QED) is 0.734. The van der Waals surface area contributed by atoms with E-state index in [1.165, 1.54) is 12.1 Å². The molecule has 3 N–H and O–H groups in total. The fourth-order valence-corrected chi connectivity index (χ4v) is 4.72. The van der Waals surface area contributed by atoms with Crippen molar-refractivity contribution in [2.45, 2.75) is 31.3 Å². The molecule has 0 amide bonds. The number of hydrogen-bond acceptors (Lipinski definition) is 5. The monoisotopic (exact) mass is 327 g/mol. The second-order valence-electron chi connectivity index (χ2n) is 6.75. The first-order valence-corrected chi connectivity index (χ1v) is 7.66. The predicted octanol–water partition coefficient (Wildman–Crippen LogP) is -0.343. The van der Waals surface area contributed by atoms with Gasteiger partial charge in [-0.05, 0) is 24.6 Å². The van der Waals surface area contributed by atoms with Crippen molar-refractivity contribution in [3.05, 3.63) is 35.6 Å². The van der Waals surface area contributed by atoms with E-state index in [9.17, 15) is 14.9 Å². The summed E-state index contributed by atoms with van der Waals surface area (Å²) in [5.74, 6) is -1.73. The number of nitriles is 2. The summed E-state index contributed by atoms with van der Waals surface area (Å²) in [7, 11) is 0. The molecule has 0 radical (unpaired) electrons. The molecule has 2 heterocycles. The molecule has 1 aromatic carbocycles. The average Bonchev–Trinajstić information content (AvgIpc) is 2.75. The molecular weight excluding hydrogens is 311 g/mol. The first-order chi connectivity index (χ1) is 11.3. The van der Waals surface area contributed by atoms with Crippen molar-refractivity contribution in [3.8, 4) is 12.1 Å². The maximum atomic E-state index is 13.3. The van der Waals surface area contributed by atoms with Crippen molar-refractivity contribution in [1.29, 1.82) is 10.5 Å². The standard InChI is InChI=1S/C17H15FN4O2/c1-10-7-23-17(24-10)16(9-20)14(2,11-3-5-12(18)6-4-11)15(16,8-19)13(21)22-17/h3-6,10H,7H2,1-2H3,(H2,21,22)/p+1/t10-,14+,15+,16-,17-/m1/s1. The lowest BCUT2D eigenvalue weighted by molar-refractivity contribution is -0.679. The molecule has 0 bridgehead atoms. The van der Waals surface area contributed by atoms with E-state index in [4.69, 9.17) is 15.2 Å². The zero-order valence-corrected chi connectivity index (χ0v) is 13.3. The number of benzene rings is 1. The van der Waals surface area contributed by atoms with Gasteiger partial charge in [0, 0.05) is 0 Å². The first-order valence-electron chi connectivity index (χ1n) is 7.66. The van der Waals surface area contributed by atoms with Crippen LogP contribution < -0.4 is 10.7 Å². The molecule has 1 aromatic rings. The Morgan fingerprint density at radius 2 is 1.96 bits per heavy atom. The highest BCUT2D eigenvalue weighted by Gasteiger charge is 3.03. The lowest BCUT2D eigenvalue weighted by Gasteiger charge is -2.27. The van der Waals surface area contributed by atoms with Crippen molar-refractivity contribution in [1.82, 2.24) is 0 Å². The number of rotatable bonds is 1. The van der Waals surface area contributed by atoms with Gasteiger partial charge in [-0.1, -0.05) is 19.1 Å². The SMILES string of the molecule is C[C@@H]1CO[C@@]2([NH+]=C(N)[C@@]3(C#N)[C@](C)(c4ccc(F)cc4)[C@@]23C#N)O1. The minimum atomic E-state index is -1.48. The van der Waals surface area contributed by atoms with E-state index in [0.717, 1.165) is 0 Å². The van der Waals surface area contributed by atoms with Gasteiger partial charge in [0.2, 0.25) is 0 Å². The normalized spacial score (nSPS) is 45.4. The van der Waals surface area contributed by atoms with E-state index in [2.05, 4.69) is 17.1 Å². The molecule has 5 atom stereocenters. The lowest BCUT2D eigenvalue weighted by atomic mass is 9.84. The van der Waals surface area contributed by atoms with Crippen LogP contribution in [0, 0.1) is 39.3 Å². The Bertz CT molecular complexity index is 857. The van der Waals surface area contributed by atoms with Crippen LogP contribution in [-0.4, -0.2) is 24.5 Å². The third kappa shape index (κ3) is 1.17. The number of amidine groups is 1. The van der Waals surface area contributed by atoms with E-state index >= 15 is 0 Å². The smallest absolute Gasteiger partial charge is 0.311 e. The van der Waals surface area contributed by atoms with E-state index in [1.807, 2.05) is 6.92 Å². The molecule has 7 heteroatoms. The molecule has 1 saturated heterocycles.